The van der Waals surface area contributed by atoms with Crippen molar-refractivity contribution in [2.24, 2.45) is 5.73 Å². The summed E-state index contributed by atoms with van der Waals surface area (Å²) in [5.74, 6) is 0.223. The Morgan fingerprint density at radius 3 is 2.73 bits per heavy atom. The van der Waals surface area contributed by atoms with E-state index in [-0.39, 0.29) is 29.6 Å². The summed E-state index contributed by atoms with van der Waals surface area (Å²) in [6, 6.07) is 0.0761. The average Bonchev–Trinajstić information content (AvgIpc) is 3.16. The molecule has 2 aromatic rings. The lowest BCUT2D eigenvalue weighted by Gasteiger charge is -2.39. The van der Waals surface area contributed by atoms with Gasteiger partial charge in [0.15, 0.2) is 11.5 Å². The van der Waals surface area contributed by atoms with E-state index in [2.05, 4.69) is 60.1 Å². The van der Waals surface area contributed by atoms with E-state index in [1.54, 1.807) is 31.2 Å². The number of anilines is 3. The first-order valence-electron chi connectivity index (χ1n) is 9.55. The molecule has 30 heavy (non-hydrogen) atoms. The normalized spacial score (nSPS) is 18.7. The van der Waals surface area contributed by atoms with Gasteiger partial charge < -0.3 is 26.2 Å². The van der Waals surface area contributed by atoms with Crippen LogP contribution in [0.1, 0.15) is 30.3 Å². The molecule has 0 unspecified atom stereocenters. The number of nitrogens with two attached hydrogens (primary N) is 1. The van der Waals surface area contributed by atoms with E-state index >= 15 is 0 Å². The van der Waals surface area contributed by atoms with Gasteiger partial charge in [0, 0.05) is 38.9 Å². The van der Waals surface area contributed by atoms with Crippen LogP contribution in [-0.4, -0.2) is 69.3 Å². The minimum atomic E-state index is -0.666. The van der Waals surface area contributed by atoms with E-state index < -0.39 is 5.91 Å². The van der Waals surface area contributed by atoms with Crippen molar-refractivity contribution in [2.75, 3.05) is 30.9 Å². The summed E-state index contributed by atoms with van der Waals surface area (Å²) >= 11 is 2.20. The highest BCUT2D eigenvalue weighted by Crippen LogP contribution is 2.26. The standard InChI is InChI=1S/C18H26IN9O2/c1-11-4-5-12(24-18(30)26(2)3)9-28(11)14-7-21-15(16(20)29)17(25-14)23-13-6-22-27(8-13)10-19/h6-8,11-12H,4-5,9-10H2,1-3H3,(H2,20,29)(H,23,25)(H,24,30)/t11-,12+/m1/s1. The molecule has 0 saturated carbocycles. The van der Waals surface area contributed by atoms with Gasteiger partial charge in [0.25, 0.3) is 5.91 Å². The molecule has 1 aliphatic heterocycles. The first-order chi connectivity index (χ1) is 14.3. The summed E-state index contributed by atoms with van der Waals surface area (Å²) in [5.41, 5.74) is 6.23. The number of rotatable bonds is 6. The number of amides is 3. The minimum Gasteiger partial charge on any atom is -0.364 e. The fraction of sp³-hybridized carbons (Fsp3) is 0.500. The number of piperidine rings is 1. The molecular formula is C18H26IN9O2. The molecule has 3 heterocycles. The molecule has 3 rings (SSSR count). The Balaban J connectivity index is 1.85. The number of carbonyl (C=O) groups excluding carboxylic acids is 2. The van der Waals surface area contributed by atoms with Crippen molar-refractivity contribution in [3.8, 4) is 0 Å². The minimum absolute atomic E-state index is 0.00740. The van der Waals surface area contributed by atoms with Crippen molar-refractivity contribution in [3.63, 3.8) is 0 Å². The maximum absolute atomic E-state index is 12.0. The van der Waals surface area contributed by atoms with Gasteiger partial charge in [-0.2, -0.15) is 5.10 Å². The van der Waals surface area contributed by atoms with E-state index in [4.69, 9.17) is 5.73 Å². The first kappa shape index (κ1) is 22.1. The predicted molar refractivity (Wildman–Crippen MR) is 122 cm³/mol. The molecule has 3 amide bonds. The number of urea groups is 1. The monoisotopic (exact) mass is 527 g/mol. The number of primary amides is 1. The number of carbonyl (C=O) groups is 2. The molecule has 0 radical (unpaired) electrons. The molecule has 2 atom stereocenters. The third-order valence-corrected chi connectivity index (χ3v) is 5.62. The Bertz CT molecular complexity index is 917. The SMILES string of the molecule is C[C@@H]1CC[C@H](NC(=O)N(C)C)CN1c1cnc(C(N)=O)c(Nc2cnn(CI)c2)n1. The lowest BCUT2D eigenvalue weighted by Crippen LogP contribution is -2.53. The molecule has 1 fully saturated rings. The number of nitrogens with one attached hydrogen (secondary N) is 2. The molecule has 12 heteroatoms. The van der Waals surface area contributed by atoms with Crippen LogP contribution in [0.25, 0.3) is 0 Å². The molecule has 2 aromatic heterocycles. The Kier molecular flexibility index (Phi) is 6.95. The lowest BCUT2D eigenvalue weighted by molar-refractivity contribution is 0.0996. The van der Waals surface area contributed by atoms with Crippen LogP contribution in [0.15, 0.2) is 18.6 Å². The van der Waals surface area contributed by atoms with Crippen LogP contribution in [0.5, 0.6) is 0 Å². The number of nitrogens with zero attached hydrogens (tertiary/aromatic N) is 6. The van der Waals surface area contributed by atoms with Crippen LogP contribution in [0, 0.1) is 0 Å². The summed E-state index contributed by atoms with van der Waals surface area (Å²) < 4.78 is 2.44. The zero-order valence-corrected chi connectivity index (χ0v) is 19.3. The third-order valence-electron chi connectivity index (χ3n) is 4.92. The highest BCUT2D eigenvalue weighted by atomic mass is 127. The molecular weight excluding hydrogens is 501 g/mol. The van der Waals surface area contributed by atoms with E-state index in [1.165, 1.54) is 4.90 Å². The van der Waals surface area contributed by atoms with Gasteiger partial charge in [0.05, 0.1) is 22.6 Å². The van der Waals surface area contributed by atoms with Crippen LogP contribution in [-0.2, 0) is 4.55 Å². The maximum atomic E-state index is 12.0. The largest absolute Gasteiger partial charge is 0.364 e. The van der Waals surface area contributed by atoms with Gasteiger partial charge >= 0.3 is 6.03 Å². The number of hydrogen-bond acceptors (Lipinski definition) is 7. The molecule has 11 nitrogen and oxygen atoms in total. The molecule has 0 spiro atoms. The molecule has 162 valence electrons. The molecule has 0 bridgehead atoms. The second-order valence-corrected chi connectivity index (χ2v) is 8.10. The Morgan fingerprint density at radius 1 is 1.33 bits per heavy atom. The van der Waals surface area contributed by atoms with Crippen molar-refractivity contribution in [1.29, 1.82) is 0 Å². The van der Waals surface area contributed by atoms with Gasteiger partial charge in [-0.05, 0) is 19.8 Å². The van der Waals surface area contributed by atoms with Crippen molar-refractivity contribution in [2.45, 2.75) is 36.4 Å². The maximum Gasteiger partial charge on any atom is 0.317 e. The topological polar surface area (TPSA) is 134 Å². The Hall–Kier alpha value is -2.64. The van der Waals surface area contributed by atoms with Crippen LogP contribution in [0.3, 0.4) is 0 Å². The van der Waals surface area contributed by atoms with E-state index in [0.717, 1.165) is 12.8 Å². The van der Waals surface area contributed by atoms with Crippen molar-refractivity contribution in [1.82, 2.24) is 30.0 Å². The summed E-state index contributed by atoms with van der Waals surface area (Å²) in [7, 11) is 3.43. The van der Waals surface area contributed by atoms with Gasteiger partial charge in [-0.15, -0.1) is 0 Å². The zero-order valence-electron chi connectivity index (χ0n) is 17.2. The van der Waals surface area contributed by atoms with Crippen molar-refractivity contribution < 1.29 is 9.59 Å². The van der Waals surface area contributed by atoms with Crippen LogP contribution in [0.2, 0.25) is 0 Å². The van der Waals surface area contributed by atoms with Gasteiger partial charge in [-0.25, -0.2) is 14.8 Å². The number of aromatic nitrogens is 4. The van der Waals surface area contributed by atoms with Crippen molar-refractivity contribution in [3.05, 3.63) is 24.3 Å². The predicted octanol–water partition coefficient (Wildman–Crippen LogP) is 1.54. The molecule has 1 aliphatic rings. The molecule has 0 aromatic carbocycles. The van der Waals surface area contributed by atoms with Gasteiger partial charge in [0.2, 0.25) is 0 Å². The highest BCUT2D eigenvalue weighted by Gasteiger charge is 2.29. The smallest absolute Gasteiger partial charge is 0.317 e. The zero-order chi connectivity index (χ0) is 21.8. The summed E-state index contributed by atoms with van der Waals surface area (Å²) in [6.45, 7) is 2.70. The van der Waals surface area contributed by atoms with Gasteiger partial charge in [-0.3, -0.25) is 9.48 Å². The number of hydrogen-bond donors (Lipinski definition) is 3. The molecule has 1 saturated heterocycles. The lowest BCUT2D eigenvalue weighted by atomic mass is 9.99. The summed E-state index contributed by atoms with van der Waals surface area (Å²) in [6.07, 6.45) is 6.77. The third kappa shape index (κ3) is 5.09. The van der Waals surface area contributed by atoms with Crippen LogP contribution in [0.4, 0.5) is 22.1 Å². The second-order valence-electron chi connectivity index (χ2n) is 7.42. The summed E-state index contributed by atoms with van der Waals surface area (Å²) in [5, 5.41) is 10.3. The van der Waals surface area contributed by atoms with E-state index in [0.29, 0.717) is 22.6 Å². The molecule has 4 N–H and O–H groups in total. The Labute approximate surface area is 188 Å². The van der Waals surface area contributed by atoms with Crippen LogP contribution >= 0.6 is 22.6 Å². The van der Waals surface area contributed by atoms with Crippen molar-refractivity contribution >= 4 is 51.9 Å². The Morgan fingerprint density at radius 2 is 2.10 bits per heavy atom. The highest BCUT2D eigenvalue weighted by molar-refractivity contribution is 14.1. The summed E-state index contributed by atoms with van der Waals surface area (Å²) in [4.78, 5) is 36.4. The first-order valence-corrected chi connectivity index (χ1v) is 11.1. The fourth-order valence-electron chi connectivity index (χ4n) is 3.26. The van der Waals surface area contributed by atoms with E-state index in [1.807, 2.05) is 6.20 Å². The number of halogens is 1. The average molecular weight is 527 g/mol. The van der Waals surface area contributed by atoms with Gasteiger partial charge in [-0.1, -0.05) is 22.6 Å². The van der Waals surface area contributed by atoms with E-state index in [9.17, 15) is 9.59 Å². The second kappa shape index (κ2) is 9.45. The molecule has 0 aliphatic carbocycles. The van der Waals surface area contributed by atoms with Gasteiger partial charge in [0.1, 0.15) is 5.82 Å². The van der Waals surface area contributed by atoms with Crippen LogP contribution < -0.4 is 21.3 Å². The quantitative estimate of drug-likeness (QED) is 0.383. The number of alkyl halides is 1. The fourth-order valence-corrected chi connectivity index (χ4v) is 3.64.